The van der Waals surface area contributed by atoms with Gasteiger partial charge in [-0.2, -0.15) is 21.0 Å². The zero-order valence-corrected chi connectivity index (χ0v) is 14.1. The highest BCUT2D eigenvalue weighted by Gasteiger charge is 2.24. The van der Waals surface area contributed by atoms with Crippen molar-refractivity contribution in [3.8, 4) is 11.1 Å². The molecule has 3 N–H and O–H groups in total. The smallest absolute Gasteiger partial charge is 0.165 e. The van der Waals surface area contributed by atoms with E-state index in [1.165, 1.54) is 12.8 Å². The predicted molar refractivity (Wildman–Crippen MR) is 94.9 cm³/mol. The number of fused-ring (bicyclic) bond motifs is 1. The summed E-state index contributed by atoms with van der Waals surface area (Å²) in [5.41, 5.74) is 11.8. The van der Waals surface area contributed by atoms with Crippen LogP contribution in [0.2, 0.25) is 0 Å². The summed E-state index contributed by atoms with van der Waals surface area (Å²) in [7, 11) is 0. The second-order valence-electron chi connectivity index (χ2n) is 6.06. The maximum absolute atomic E-state index is 6.45. The fourth-order valence-corrected chi connectivity index (χ4v) is 4.13. The first kappa shape index (κ1) is 14.7. The number of nitrogen functional groups attached to an aromatic ring is 1. The molecule has 1 atom stereocenters. The number of nitrogens with one attached hydrogen (secondary N) is 1. The van der Waals surface area contributed by atoms with Crippen molar-refractivity contribution in [1.29, 1.82) is 0 Å². The molecule has 0 radical (unpaired) electrons. The molecule has 1 saturated heterocycles. The van der Waals surface area contributed by atoms with Gasteiger partial charge in [-0.25, -0.2) is 4.98 Å². The predicted octanol–water partition coefficient (Wildman–Crippen LogP) is 3.07. The van der Waals surface area contributed by atoms with Crippen molar-refractivity contribution in [3.05, 3.63) is 34.3 Å². The van der Waals surface area contributed by atoms with Gasteiger partial charge in [0.15, 0.2) is 5.65 Å². The second-order valence-corrected chi connectivity index (χ2v) is 6.84. The zero-order valence-electron chi connectivity index (χ0n) is 13.2. The van der Waals surface area contributed by atoms with Crippen molar-refractivity contribution < 1.29 is 0 Å². The lowest BCUT2D eigenvalue weighted by molar-refractivity contribution is 0.452. The quantitative estimate of drug-likeness (QED) is 0.776. The van der Waals surface area contributed by atoms with E-state index in [0.29, 0.717) is 5.92 Å². The van der Waals surface area contributed by atoms with Gasteiger partial charge in [0.2, 0.25) is 0 Å². The molecule has 4 heterocycles. The molecule has 4 rings (SSSR count). The third kappa shape index (κ3) is 2.42. The Labute approximate surface area is 139 Å². The van der Waals surface area contributed by atoms with Crippen LogP contribution >= 0.6 is 11.3 Å². The first-order valence-corrected chi connectivity index (χ1v) is 9.13. The summed E-state index contributed by atoms with van der Waals surface area (Å²) < 4.78 is 1.80. The van der Waals surface area contributed by atoms with Crippen LogP contribution in [-0.2, 0) is 6.42 Å². The monoisotopic (exact) mass is 327 g/mol. The molecule has 0 bridgehead atoms. The summed E-state index contributed by atoms with van der Waals surface area (Å²) >= 11 is 1.68. The van der Waals surface area contributed by atoms with Gasteiger partial charge in [-0.1, -0.05) is 6.92 Å². The second kappa shape index (κ2) is 5.94. The molecular weight excluding hydrogens is 306 g/mol. The van der Waals surface area contributed by atoms with Crippen LogP contribution in [0, 0.1) is 0 Å². The Kier molecular flexibility index (Phi) is 3.79. The maximum Gasteiger partial charge on any atom is 0.165 e. The maximum atomic E-state index is 6.45. The lowest BCUT2D eigenvalue weighted by Crippen LogP contribution is -2.30. The standard InChI is InChI=1S/C17H21N5S/c1-2-13-15(11-4-3-6-19-8-11)21-17-14(12-5-7-23-10-12)9-20-22(17)16(13)18/h5,7,9-11,19H,2-4,6,8,18H2,1H3. The van der Waals surface area contributed by atoms with Crippen molar-refractivity contribution >= 4 is 22.8 Å². The van der Waals surface area contributed by atoms with E-state index < -0.39 is 0 Å². The minimum absolute atomic E-state index is 0.441. The van der Waals surface area contributed by atoms with Crippen LogP contribution < -0.4 is 11.1 Å². The highest BCUT2D eigenvalue weighted by molar-refractivity contribution is 7.08. The molecule has 0 amide bonds. The summed E-state index contributed by atoms with van der Waals surface area (Å²) in [6.07, 6.45) is 5.12. The van der Waals surface area contributed by atoms with E-state index in [2.05, 4.69) is 34.2 Å². The highest BCUT2D eigenvalue weighted by atomic mass is 32.1. The largest absolute Gasteiger partial charge is 0.383 e. The molecule has 0 aliphatic carbocycles. The number of hydrogen-bond acceptors (Lipinski definition) is 5. The van der Waals surface area contributed by atoms with E-state index in [-0.39, 0.29) is 0 Å². The van der Waals surface area contributed by atoms with Crippen LogP contribution in [0.5, 0.6) is 0 Å². The number of aromatic nitrogens is 3. The highest BCUT2D eigenvalue weighted by Crippen LogP contribution is 2.32. The van der Waals surface area contributed by atoms with Gasteiger partial charge >= 0.3 is 0 Å². The third-order valence-electron chi connectivity index (χ3n) is 4.69. The lowest BCUT2D eigenvalue weighted by atomic mass is 9.92. The van der Waals surface area contributed by atoms with Crippen molar-refractivity contribution in [1.82, 2.24) is 19.9 Å². The molecule has 0 saturated carbocycles. The Morgan fingerprint density at radius 2 is 2.39 bits per heavy atom. The Hall–Kier alpha value is -1.92. The minimum atomic E-state index is 0.441. The molecule has 3 aromatic rings. The average Bonchev–Trinajstić information content (AvgIpc) is 3.24. The Balaban J connectivity index is 1.92. The summed E-state index contributed by atoms with van der Waals surface area (Å²) in [6, 6.07) is 2.11. The number of nitrogens with two attached hydrogens (primary N) is 1. The van der Waals surface area contributed by atoms with Crippen molar-refractivity contribution in [2.75, 3.05) is 18.8 Å². The summed E-state index contributed by atoms with van der Waals surface area (Å²) in [5, 5.41) is 12.2. The van der Waals surface area contributed by atoms with E-state index in [1.807, 2.05) is 6.20 Å². The Morgan fingerprint density at radius 1 is 1.48 bits per heavy atom. The average molecular weight is 327 g/mol. The molecule has 23 heavy (non-hydrogen) atoms. The van der Waals surface area contributed by atoms with Gasteiger partial charge in [0.05, 0.1) is 11.9 Å². The number of thiophene rings is 1. The Morgan fingerprint density at radius 3 is 3.09 bits per heavy atom. The molecule has 120 valence electrons. The first-order chi connectivity index (χ1) is 11.3. The molecule has 1 aliphatic heterocycles. The summed E-state index contributed by atoms with van der Waals surface area (Å²) in [4.78, 5) is 5.03. The summed E-state index contributed by atoms with van der Waals surface area (Å²) in [5.74, 6) is 1.18. The lowest BCUT2D eigenvalue weighted by Gasteiger charge is -2.25. The van der Waals surface area contributed by atoms with Crippen LogP contribution in [0.15, 0.2) is 23.0 Å². The number of hydrogen-bond donors (Lipinski definition) is 2. The van der Waals surface area contributed by atoms with E-state index in [4.69, 9.17) is 10.7 Å². The number of anilines is 1. The van der Waals surface area contributed by atoms with E-state index in [1.54, 1.807) is 15.9 Å². The van der Waals surface area contributed by atoms with E-state index in [9.17, 15) is 0 Å². The fourth-order valence-electron chi connectivity index (χ4n) is 3.47. The van der Waals surface area contributed by atoms with E-state index >= 15 is 0 Å². The number of rotatable bonds is 3. The Bertz CT molecular complexity index is 815. The zero-order chi connectivity index (χ0) is 15.8. The number of piperidine rings is 1. The number of nitrogens with zero attached hydrogens (tertiary/aromatic N) is 3. The van der Waals surface area contributed by atoms with Crippen molar-refractivity contribution in [2.24, 2.45) is 0 Å². The molecule has 6 heteroatoms. The topological polar surface area (TPSA) is 68.2 Å². The van der Waals surface area contributed by atoms with Crippen LogP contribution in [0.3, 0.4) is 0 Å². The molecule has 5 nitrogen and oxygen atoms in total. The van der Waals surface area contributed by atoms with Gasteiger partial charge in [0.25, 0.3) is 0 Å². The van der Waals surface area contributed by atoms with Gasteiger partial charge in [-0.05, 0) is 48.2 Å². The van der Waals surface area contributed by atoms with Gasteiger partial charge in [0, 0.05) is 23.6 Å². The molecule has 3 aromatic heterocycles. The molecule has 0 aromatic carbocycles. The van der Waals surface area contributed by atoms with Gasteiger partial charge in [-0.15, -0.1) is 0 Å². The van der Waals surface area contributed by atoms with Crippen LogP contribution in [-0.4, -0.2) is 27.7 Å². The molecule has 1 unspecified atom stereocenters. The van der Waals surface area contributed by atoms with Gasteiger partial charge in [0.1, 0.15) is 5.82 Å². The normalized spacial score (nSPS) is 18.6. The van der Waals surface area contributed by atoms with Crippen molar-refractivity contribution in [2.45, 2.75) is 32.1 Å². The molecule has 1 fully saturated rings. The SMILES string of the molecule is CCc1c(C2CCCNC2)nc2c(-c3ccsc3)cnn2c1N. The molecular formula is C17H21N5S. The van der Waals surface area contributed by atoms with E-state index in [0.717, 1.165) is 53.4 Å². The van der Waals surface area contributed by atoms with Gasteiger partial charge < -0.3 is 11.1 Å². The van der Waals surface area contributed by atoms with Crippen LogP contribution in [0.25, 0.3) is 16.8 Å². The molecule has 0 spiro atoms. The first-order valence-electron chi connectivity index (χ1n) is 8.19. The van der Waals surface area contributed by atoms with Crippen LogP contribution in [0.4, 0.5) is 5.82 Å². The van der Waals surface area contributed by atoms with Crippen LogP contribution in [0.1, 0.15) is 36.9 Å². The fraction of sp³-hybridized carbons (Fsp3) is 0.412. The van der Waals surface area contributed by atoms with Gasteiger partial charge in [-0.3, -0.25) is 0 Å². The third-order valence-corrected chi connectivity index (χ3v) is 5.37. The molecule has 1 aliphatic rings. The minimum Gasteiger partial charge on any atom is -0.383 e. The van der Waals surface area contributed by atoms with Crippen molar-refractivity contribution in [3.63, 3.8) is 0 Å². The summed E-state index contributed by atoms with van der Waals surface area (Å²) in [6.45, 7) is 4.22.